The van der Waals surface area contributed by atoms with E-state index in [-0.39, 0.29) is 0 Å². The first-order valence-corrected chi connectivity index (χ1v) is 6.93. The zero-order valence-corrected chi connectivity index (χ0v) is 12.5. The molecule has 2 N–H and O–H groups in total. The Kier molecular flexibility index (Phi) is 2.99. The van der Waals surface area contributed by atoms with E-state index in [4.69, 9.17) is 17.3 Å². The first-order chi connectivity index (χ1) is 9.06. The number of nitrogen functional groups attached to an aromatic ring is 1. The third kappa shape index (κ3) is 2.11. The molecule has 1 aromatic heterocycles. The van der Waals surface area contributed by atoms with Crippen LogP contribution >= 0.6 is 27.5 Å². The van der Waals surface area contributed by atoms with Crippen LogP contribution in [0.4, 0.5) is 5.95 Å². The van der Waals surface area contributed by atoms with Crippen LogP contribution in [-0.2, 0) is 0 Å². The maximum atomic E-state index is 6.04. The second-order valence-electron chi connectivity index (χ2n) is 4.39. The number of nitrogens with zero attached hydrogens (tertiary/aromatic N) is 2. The summed E-state index contributed by atoms with van der Waals surface area (Å²) in [4.78, 5) is 4.38. The van der Waals surface area contributed by atoms with Crippen LogP contribution in [0.1, 0.15) is 5.56 Å². The quantitative estimate of drug-likeness (QED) is 0.718. The number of benzene rings is 2. The molecule has 0 saturated heterocycles. The Bertz CT molecular complexity index is 780. The fourth-order valence-corrected chi connectivity index (χ4v) is 2.98. The standard InChI is InChI=1S/C14H11BrClN3/c1-8-2-4-11-13(6-8)19(14(17)18-11)12-5-3-9(16)7-10(12)15/h2-7H,1H3,(H2,17,18). The lowest BCUT2D eigenvalue weighted by Gasteiger charge is -2.09. The maximum Gasteiger partial charge on any atom is 0.205 e. The first kappa shape index (κ1) is 12.5. The Labute approximate surface area is 124 Å². The molecule has 1 heterocycles. The lowest BCUT2D eigenvalue weighted by Crippen LogP contribution is -2.01. The Hall–Kier alpha value is -1.52. The van der Waals surface area contributed by atoms with E-state index in [1.165, 1.54) is 5.56 Å². The number of halogens is 2. The van der Waals surface area contributed by atoms with Gasteiger partial charge in [-0.25, -0.2) is 4.98 Å². The predicted octanol–water partition coefficient (Wildman–Crippen LogP) is 4.33. The van der Waals surface area contributed by atoms with Crippen molar-refractivity contribution in [2.75, 3.05) is 5.73 Å². The summed E-state index contributed by atoms with van der Waals surface area (Å²) >= 11 is 9.49. The molecule has 3 rings (SSSR count). The topological polar surface area (TPSA) is 43.8 Å². The van der Waals surface area contributed by atoms with Gasteiger partial charge in [-0.2, -0.15) is 0 Å². The third-order valence-corrected chi connectivity index (χ3v) is 3.86. The van der Waals surface area contributed by atoms with Gasteiger partial charge in [0.25, 0.3) is 0 Å². The molecule has 0 aliphatic carbocycles. The molecule has 3 nitrogen and oxygen atoms in total. The van der Waals surface area contributed by atoms with Crippen LogP contribution in [0, 0.1) is 6.92 Å². The Morgan fingerprint density at radius 1 is 1.21 bits per heavy atom. The van der Waals surface area contributed by atoms with E-state index in [0.29, 0.717) is 11.0 Å². The van der Waals surface area contributed by atoms with E-state index in [1.807, 2.05) is 41.8 Å². The minimum Gasteiger partial charge on any atom is -0.369 e. The van der Waals surface area contributed by atoms with Crippen molar-refractivity contribution in [3.05, 3.63) is 51.5 Å². The summed E-state index contributed by atoms with van der Waals surface area (Å²) in [6, 6.07) is 11.7. The molecule has 0 amide bonds. The van der Waals surface area contributed by atoms with E-state index in [9.17, 15) is 0 Å². The van der Waals surface area contributed by atoms with E-state index in [2.05, 4.69) is 27.0 Å². The highest BCUT2D eigenvalue weighted by molar-refractivity contribution is 9.10. The molecule has 0 fully saturated rings. The average molecular weight is 337 g/mol. The molecular formula is C14H11BrClN3. The van der Waals surface area contributed by atoms with Crippen LogP contribution in [0.25, 0.3) is 16.7 Å². The lowest BCUT2D eigenvalue weighted by atomic mass is 10.2. The monoisotopic (exact) mass is 335 g/mol. The van der Waals surface area contributed by atoms with Gasteiger partial charge in [-0.05, 0) is 58.7 Å². The van der Waals surface area contributed by atoms with Crippen LogP contribution in [0.2, 0.25) is 5.02 Å². The second kappa shape index (κ2) is 4.54. The van der Waals surface area contributed by atoms with Gasteiger partial charge in [0.1, 0.15) is 0 Å². The molecule has 0 aliphatic rings. The molecule has 0 atom stereocenters. The van der Waals surface area contributed by atoms with Crippen LogP contribution < -0.4 is 5.73 Å². The number of anilines is 1. The van der Waals surface area contributed by atoms with Gasteiger partial charge in [0.15, 0.2) is 0 Å². The summed E-state index contributed by atoms with van der Waals surface area (Å²) in [6.45, 7) is 2.05. The molecule has 96 valence electrons. The van der Waals surface area contributed by atoms with E-state index < -0.39 is 0 Å². The molecule has 0 saturated carbocycles. The third-order valence-electron chi connectivity index (χ3n) is 2.99. The lowest BCUT2D eigenvalue weighted by molar-refractivity contribution is 1.10. The fourth-order valence-electron chi connectivity index (χ4n) is 2.12. The summed E-state index contributed by atoms with van der Waals surface area (Å²) in [6.07, 6.45) is 0. The summed E-state index contributed by atoms with van der Waals surface area (Å²) in [5.74, 6) is 0.462. The minimum atomic E-state index is 0.462. The summed E-state index contributed by atoms with van der Waals surface area (Å²) in [5.41, 5.74) is 10.00. The summed E-state index contributed by atoms with van der Waals surface area (Å²) in [5, 5.41) is 0.676. The molecule has 0 spiro atoms. The van der Waals surface area contributed by atoms with Gasteiger partial charge in [-0.15, -0.1) is 0 Å². The first-order valence-electron chi connectivity index (χ1n) is 5.76. The van der Waals surface area contributed by atoms with Gasteiger partial charge < -0.3 is 5.73 Å². The van der Waals surface area contributed by atoms with Crippen molar-refractivity contribution in [2.45, 2.75) is 6.92 Å². The number of rotatable bonds is 1. The van der Waals surface area contributed by atoms with E-state index in [1.54, 1.807) is 0 Å². The SMILES string of the molecule is Cc1ccc2nc(N)n(-c3ccc(Cl)cc3Br)c2c1. The summed E-state index contributed by atoms with van der Waals surface area (Å²) in [7, 11) is 0. The van der Waals surface area contributed by atoms with Crippen LogP contribution in [0.15, 0.2) is 40.9 Å². The largest absolute Gasteiger partial charge is 0.369 e. The number of aryl methyl sites for hydroxylation is 1. The van der Waals surface area contributed by atoms with E-state index >= 15 is 0 Å². The highest BCUT2D eigenvalue weighted by Gasteiger charge is 2.12. The molecule has 0 unspecified atom stereocenters. The molecule has 3 aromatic rings. The highest BCUT2D eigenvalue weighted by atomic mass is 79.9. The molecule has 2 aromatic carbocycles. The Morgan fingerprint density at radius 3 is 2.74 bits per heavy atom. The van der Waals surface area contributed by atoms with Gasteiger partial charge in [-0.1, -0.05) is 17.7 Å². The zero-order chi connectivity index (χ0) is 13.6. The van der Waals surface area contributed by atoms with Crippen molar-refractivity contribution in [1.29, 1.82) is 0 Å². The molecule has 19 heavy (non-hydrogen) atoms. The number of aromatic nitrogens is 2. The van der Waals surface area contributed by atoms with Crippen LogP contribution in [0.5, 0.6) is 0 Å². The van der Waals surface area contributed by atoms with Crippen molar-refractivity contribution in [1.82, 2.24) is 9.55 Å². The molecule has 0 radical (unpaired) electrons. The smallest absolute Gasteiger partial charge is 0.205 e. The number of imidazole rings is 1. The number of hydrogen-bond acceptors (Lipinski definition) is 2. The zero-order valence-electron chi connectivity index (χ0n) is 10.2. The maximum absolute atomic E-state index is 6.04. The normalized spacial score (nSPS) is 11.1. The number of hydrogen-bond donors (Lipinski definition) is 1. The van der Waals surface area contributed by atoms with E-state index in [0.717, 1.165) is 21.2 Å². The van der Waals surface area contributed by atoms with Gasteiger partial charge in [0.05, 0.1) is 16.7 Å². The van der Waals surface area contributed by atoms with Gasteiger partial charge in [0, 0.05) is 9.50 Å². The van der Waals surface area contributed by atoms with Crippen molar-refractivity contribution >= 4 is 44.5 Å². The molecule has 5 heteroatoms. The number of fused-ring (bicyclic) bond motifs is 1. The second-order valence-corrected chi connectivity index (χ2v) is 5.68. The Morgan fingerprint density at radius 2 is 2.00 bits per heavy atom. The highest BCUT2D eigenvalue weighted by Crippen LogP contribution is 2.30. The van der Waals surface area contributed by atoms with Crippen molar-refractivity contribution in [3.63, 3.8) is 0 Å². The minimum absolute atomic E-state index is 0.462. The molecule has 0 aliphatic heterocycles. The van der Waals surface area contributed by atoms with Crippen LogP contribution in [0.3, 0.4) is 0 Å². The van der Waals surface area contributed by atoms with Gasteiger partial charge in [0.2, 0.25) is 5.95 Å². The fraction of sp³-hybridized carbons (Fsp3) is 0.0714. The van der Waals surface area contributed by atoms with Gasteiger partial charge in [-0.3, -0.25) is 4.57 Å². The van der Waals surface area contributed by atoms with Gasteiger partial charge >= 0.3 is 0 Å². The molecule has 0 bridgehead atoms. The molecular weight excluding hydrogens is 326 g/mol. The number of nitrogens with two attached hydrogens (primary N) is 1. The predicted molar refractivity (Wildman–Crippen MR) is 82.9 cm³/mol. The summed E-state index contributed by atoms with van der Waals surface area (Å²) < 4.78 is 2.80. The Balaban J connectivity index is 2.35. The average Bonchev–Trinajstić information content (AvgIpc) is 2.65. The van der Waals surface area contributed by atoms with Crippen molar-refractivity contribution in [3.8, 4) is 5.69 Å². The van der Waals surface area contributed by atoms with Crippen molar-refractivity contribution in [2.24, 2.45) is 0 Å². The van der Waals surface area contributed by atoms with Crippen molar-refractivity contribution < 1.29 is 0 Å². The van der Waals surface area contributed by atoms with Crippen LogP contribution in [-0.4, -0.2) is 9.55 Å².